The number of allylic oxidation sites excluding steroid dienone is 2. The summed E-state index contributed by atoms with van der Waals surface area (Å²) in [5, 5.41) is 16.2. The number of nitrogens with zero attached hydrogens (tertiary/aromatic N) is 4. The molecule has 0 saturated heterocycles. The summed E-state index contributed by atoms with van der Waals surface area (Å²) in [4.78, 5) is 12.9. The number of ether oxygens (including phenoxy) is 2. The number of ketones is 1. The van der Waals surface area contributed by atoms with E-state index < -0.39 is 6.04 Å². The summed E-state index contributed by atoms with van der Waals surface area (Å²) in [5.41, 5.74) is 3.32. The number of carbonyl (C=O) groups is 1. The summed E-state index contributed by atoms with van der Waals surface area (Å²) in [7, 11) is 0. The first-order valence-corrected chi connectivity index (χ1v) is 11.5. The standard InChI is InChI=1S/C23H21Cl2N5O3/c1-2-32-20-11-14(7-9-19(20)33-12-13-6-8-15(24)16(25)10-13)22-21-17(4-3-5-18(21)31)26-23-27-28-29-30(22)23/h6-11,22H,2-5,12H2,1H3,(H,26,27,29). The maximum absolute atomic E-state index is 12.9. The Labute approximate surface area is 200 Å². The molecule has 1 atom stereocenters. The van der Waals surface area contributed by atoms with Gasteiger partial charge in [0.25, 0.3) is 0 Å². The topological polar surface area (TPSA) is 91.2 Å². The van der Waals surface area contributed by atoms with E-state index in [9.17, 15) is 4.79 Å². The van der Waals surface area contributed by atoms with E-state index in [0.29, 0.717) is 52.7 Å². The molecule has 1 unspecified atom stereocenters. The Bertz CT molecular complexity index is 1260. The number of carbonyl (C=O) groups excluding carboxylic acids is 1. The average molecular weight is 486 g/mol. The van der Waals surface area contributed by atoms with Gasteiger partial charge in [-0.3, -0.25) is 4.79 Å². The number of benzene rings is 2. The summed E-state index contributed by atoms with van der Waals surface area (Å²) >= 11 is 12.1. The van der Waals surface area contributed by atoms with E-state index in [2.05, 4.69) is 20.8 Å². The normalized spacial score (nSPS) is 17.3. The van der Waals surface area contributed by atoms with Crippen LogP contribution >= 0.6 is 23.2 Å². The lowest BCUT2D eigenvalue weighted by Crippen LogP contribution is -2.31. The Hall–Kier alpha value is -3.10. The van der Waals surface area contributed by atoms with Crippen LogP contribution in [0.25, 0.3) is 0 Å². The second-order valence-electron chi connectivity index (χ2n) is 7.82. The average Bonchev–Trinajstić information content (AvgIpc) is 3.28. The van der Waals surface area contributed by atoms with Gasteiger partial charge in [-0.1, -0.05) is 40.4 Å². The molecule has 170 valence electrons. The van der Waals surface area contributed by atoms with Gasteiger partial charge in [-0.15, -0.1) is 0 Å². The lowest BCUT2D eigenvalue weighted by molar-refractivity contribution is -0.116. The maximum Gasteiger partial charge on any atom is 0.248 e. The van der Waals surface area contributed by atoms with Gasteiger partial charge in [-0.2, -0.15) is 4.68 Å². The minimum atomic E-state index is -0.428. The van der Waals surface area contributed by atoms with E-state index in [4.69, 9.17) is 32.7 Å². The molecule has 10 heteroatoms. The minimum absolute atomic E-state index is 0.104. The summed E-state index contributed by atoms with van der Waals surface area (Å²) in [5.74, 6) is 1.79. The van der Waals surface area contributed by atoms with Gasteiger partial charge >= 0.3 is 0 Å². The summed E-state index contributed by atoms with van der Waals surface area (Å²) in [6, 6.07) is 10.6. The molecular weight excluding hydrogens is 465 g/mol. The van der Waals surface area contributed by atoms with E-state index in [1.807, 2.05) is 31.2 Å². The highest BCUT2D eigenvalue weighted by molar-refractivity contribution is 6.42. The van der Waals surface area contributed by atoms with Crippen molar-refractivity contribution in [3.63, 3.8) is 0 Å². The van der Waals surface area contributed by atoms with Crippen molar-refractivity contribution in [2.24, 2.45) is 0 Å². The Balaban J connectivity index is 1.49. The number of anilines is 1. The third-order valence-corrected chi connectivity index (χ3v) is 6.43. The number of rotatable bonds is 6. The molecule has 2 heterocycles. The van der Waals surface area contributed by atoms with Crippen LogP contribution in [0.5, 0.6) is 11.5 Å². The van der Waals surface area contributed by atoms with Gasteiger partial charge in [0.1, 0.15) is 12.6 Å². The van der Waals surface area contributed by atoms with Crippen molar-refractivity contribution in [2.45, 2.75) is 38.8 Å². The van der Waals surface area contributed by atoms with Crippen LogP contribution in [-0.2, 0) is 11.4 Å². The Morgan fingerprint density at radius 1 is 1.09 bits per heavy atom. The number of fused-ring (bicyclic) bond motifs is 1. The summed E-state index contributed by atoms with van der Waals surface area (Å²) in [6.45, 7) is 2.67. The first-order valence-electron chi connectivity index (χ1n) is 10.7. The fourth-order valence-corrected chi connectivity index (χ4v) is 4.52. The number of nitrogens with one attached hydrogen (secondary N) is 1. The molecule has 1 aliphatic carbocycles. The van der Waals surface area contributed by atoms with E-state index in [1.54, 1.807) is 16.8 Å². The third kappa shape index (κ3) is 4.16. The van der Waals surface area contributed by atoms with Crippen LogP contribution < -0.4 is 14.8 Å². The van der Waals surface area contributed by atoms with Gasteiger partial charge in [0.2, 0.25) is 5.95 Å². The van der Waals surface area contributed by atoms with Crippen LogP contribution in [0.15, 0.2) is 47.7 Å². The maximum atomic E-state index is 12.9. The van der Waals surface area contributed by atoms with Gasteiger partial charge in [-0.25, -0.2) is 0 Å². The zero-order valence-corrected chi connectivity index (χ0v) is 19.4. The van der Waals surface area contributed by atoms with Crippen molar-refractivity contribution in [1.29, 1.82) is 0 Å². The molecule has 1 N–H and O–H groups in total. The number of aromatic nitrogens is 4. The Kier molecular flexibility index (Phi) is 5.95. The van der Waals surface area contributed by atoms with Crippen molar-refractivity contribution < 1.29 is 14.3 Å². The predicted octanol–water partition coefficient (Wildman–Crippen LogP) is 4.98. The number of halogens is 2. The number of Topliss-reactive ketones (excluding diaryl/α,β-unsaturated/α-hetero) is 1. The van der Waals surface area contributed by atoms with Crippen LogP contribution in [0.4, 0.5) is 5.95 Å². The van der Waals surface area contributed by atoms with Gasteiger partial charge < -0.3 is 14.8 Å². The van der Waals surface area contributed by atoms with Crippen molar-refractivity contribution in [3.05, 3.63) is 68.8 Å². The molecule has 0 fully saturated rings. The van der Waals surface area contributed by atoms with E-state index in [-0.39, 0.29) is 5.78 Å². The molecule has 8 nitrogen and oxygen atoms in total. The zero-order chi connectivity index (χ0) is 22.9. The van der Waals surface area contributed by atoms with Crippen LogP contribution in [-0.4, -0.2) is 32.6 Å². The molecule has 1 aromatic heterocycles. The van der Waals surface area contributed by atoms with Crippen LogP contribution in [0, 0.1) is 0 Å². The first kappa shape index (κ1) is 21.7. The van der Waals surface area contributed by atoms with Crippen molar-refractivity contribution in [3.8, 4) is 11.5 Å². The van der Waals surface area contributed by atoms with Crippen molar-refractivity contribution in [2.75, 3.05) is 11.9 Å². The molecular formula is C23H21Cl2N5O3. The van der Waals surface area contributed by atoms with E-state index >= 15 is 0 Å². The minimum Gasteiger partial charge on any atom is -0.490 e. The third-order valence-electron chi connectivity index (χ3n) is 5.69. The quantitative estimate of drug-likeness (QED) is 0.526. The highest BCUT2D eigenvalue weighted by Gasteiger charge is 2.37. The second kappa shape index (κ2) is 9.03. The molecule has 0 bridgehead atoms. The molecule has 0 amide bonds. The molecule has 3 aromatic rings. The zero-order valence-electron chi connectivity index (χ0n) is 17.8. The molecule has 0 spiro atoms. The Morgan fingerprint density at radius 2 is 1.97 bits per heavy atom. The van der Waals surface area contributed by atoms with Crippen LogP contribution in [0.2, 0.25) is 10.0 Å². The lowest BCUT2D eigenvalue weighted by Gasteiger charge is -2.31. The van der Waals surface area contributed by atoms with Crippen LogP contribution in [0.1, 0.15) is 43.4 Å². The van der Waals surface area contributed by atoms with Gasteiger partial charge in [0, 0.05) is 17.7 Å². The van der Waals surface area contributed by atoms with Crippen molar-refractivity contribution >= 4 is 34.9 Å². The largest absolute Gasteiger partial charge is 0.490 e. The van der Waals surface area contributed by atoms with Crippen molar-refractivity contribution in [1.82, 2.24) is 20.2 Å². The highest BCUT2D eigenvalue weighted by atomic mass is 35.5. The summed E-state index contributed by atoms with van der Waals surface area (Å²) < 4.78 is 13.6. The molecule has 5 rings (SSSR count). The number of tetrazole rings is 1. The highest BCUT2D eigenvalue weighted by Crippen LogP contribution is 2.41. The Morgan fingerprint density at radius 3 is 2.79 bits per heavy atom. The van der Waals surface area contributed by atoms with E-state index in [0.717, 1.165) is 29.7 Å². The van der Waals surface area contributed by atoms with Crippen LogP contribution in [0.3, 0.4) is 0 Å². The number of hydrogen-bond acceptors (Lipinski definition) is 7. The molecule has 0 saturated carbocycles. The lowest BCUT2D eigenvalue weighted by atomic mass is 9.85. The molecule has 0 radical (unpaired) electrons. The first-order chi connectivity index (χ1) is 16.0. The summed E-state index contributed by atoms with van der Waals surface area (Å²) in [6.07, 6.45) is 2.11. The fraction of sp³-hybridized carbons (Fsp3) is 0.304. The predicted molar refractivity (Wildman–Crippen MR) is 124 cm³/mol. The fourth-order valence-electron chi connectivity index (χ4n) is 4.20. The monoisotopic (exact) mass is 485 g/mol. The smallest absolute Gasteiger partial charge is 0.248 e. The van der Waals surface area contributed by atoms with E-state index in [1.165, 1.54) is 0 Å². The van der Waals surface area contributed by atoms with Gasteiger partial charge in [-0.05, 0) is 65.6 Å². The van der Waals surface area contributed by atoms with Gasteiger partial charge in [0.15, 0.2) is 17.3 Å². The SMILES string of the molecule is CCOc1cc(C2C3=C(CCCC3=O)Nc3nnnn32)ccc1OCc1ccc(Cl)c(Cl)c1. The number of hydrogen-bond donors (Lipinski definition) is 1. The molecule has 2 aromatic carbocycles. The van der Waals surface area contributed by atoms with Gasteiger partial charge in [0.05, 0.1) is 16.7 Å². The molecule has 1 aliphatic heterocycles. The molecule has 33 heavy (non-hydrogen) atoms. The molecule has 2 aliphatic rings. The second-order valence-corrected chi connectivity index (χ2v) is 8.63.